The Morgan fingerprint density at radius 1 is 1.20 bits per heavy atom. The third-order valence-electron chi connectivity index (χ3n) is 6.91. The molecule has 5 nitrogen and oxygen atoms in total. The van der Waals surface area contributed by atoms with Gasteiger partial charge in [0.25, 0.3) is 0 Å². The summed E-state index contributed by atoms with van der Waals surface area (Å²) >= 11 is 0. The van der Waals surface area contributed by atoms with Gasteiger partial charge in [0, 0.05) is 35.2 Å². The number of carbonyl (C=O) groups excluding carboxylic acids is 2. The van der Waals surface area contributed by atoms with Gasteiger partial charge in [-0.05, 0) is 49.7 Å². The Hall–Kier alpha value is -2.56. The van der Waals surface area contributed by atoms with Crippen LogP contribution in [0.15, 0.2) is 46.8 Å². The van der Waals surface area contributed by atoms with Crippen molar-refractivity contribution in [2.75, 3.05) is 13.7 Å². The van der Waals surface area contributed by atoms with Crippen LogP contribution in [0, 0.1) is 17.8 Å². The Balaban J connectivity index is 1.49. The molecule has 4 rings (SSSR count). The molecular formula is C25H31NO4. The fraction of sp³-hybridized carbons (Fsp3) is 0.520. The van der Waals surface area contributed by atoms with E-state index in [2.05, 4.69) is 12.2 Å². The number of carbonyl (C=O) groups is 2. The second kappa shape index (κ2) is 8.29. The van der Waals surface area contributed by atoms with Crippen molar-refractivity contribution in [3.8, 4) is 5.75 Å². The van der Waals surface area contributed by atoms with Gasteiger partial charge in [0.1, 0.15) is 5.75 Å². The van der Waals surface area contributed by atoms with Gasteiger partial charge in [0.15, 0.2) is 5.78 Å². The highest BCUT2D eigenvalue weighted by Gasteiger charge is 2.39. The number of hydrogen-bond acceptors (Lipinski definition) is 5. The predicted octanol–water partition coefficient (Wildman–Crippen LogP) is 4.50. The third-order valence-corrected chi connectivity index (χ3v) is 6.91. The lowest BCUT2D eigenvalue weighted by atomic mass is 9.74. The molecule has 3 aliphatic rings. The number of ketones is 1. The Bertz CT molecular complexity index is 929. The molecule has 5 heteroatoms. The zero-order valence-electron chi connectivity index (χ0n) is 18.3. The molecule has 1 aliphatic heterocycles. The normalized spacial score (nSPS) is 28.1. The van der Waals surface area contributed by atoms with Gasteiger partial charge in [-0.15, -0.1) is 0 Å². The van der Waals surface area contributed by atoms with Crippen LogP contribution < -0.4 is 10.1 Å². The number of benzene rings is 1. The molecule has 160 valence electrons. The molecule has 0 radical (unpaired) electrons. The SMILES string of the molecule is COc1ccccc1C1CC(=O)C2=C(C1)NC(C)=C(C(=O)OCCC1C[C@H]1C)C2C. The maximum Gasteiger partial charge on any atom is 0.336 e. The molecule has 1 N–H and O–H groups in total. The molecule has 0 saturated heterocycles. The number of ether oxygens (including phenoxy) is 2. The highest BCUT2D eigenvalue weighted by atomic mass is 16.5. The van der Waals surface area contributed by atoms with Gasteiger partial charge in [-0.3, -0.25) is 4.79 Å². The number of hydrogen-bond donors (Lipinski definition) is 1. The molecule has 0 bridgehead atoms. The second-order valence-electron chi connectivity index (χ2n) is 8.95. The molecule has 3 unspecified atom stereocenters. The van der Waals surface area contributed by atoms with E-state index in [0.717, 1.165) is 47.0 Å². The van der Waals surface area contributed by atoms with E-state index in [4.69, 9.17) is 9.47 Å². The summed E-state index contributed by atoms with van der Waals surface area (Å²) in [6.07, 6.45) is 3.31. The molecular weight excluding hydrogens is 378 g/mol. The van der Waals surface area contributed by atoms with Crippen molar-refractivity contribution < 1.29 is 19.1 Å². The molecule has 0 amide bonds. The molecule has 2 aliphatic carbocycles. The van der Waals surface area contributed by atoms with Crippen molar-refractivity contribution in [1.82, 2.24) is 5.32 Å². The van der Waals surface area contributed by atoms with Crippen LogP contribution in [0.4, 0.5) is 0 Å². The zero-order valence-corrected chi connectivity index (χ0v) is 18.3. The molecule has 0 spiro atoms. The summed E-state index contributed by atoms with van der Waals surface area (Å²) < 4.78 is 11.1. The van der Waals surface area contributed by atoms with E-state index in [1.807, 2.05) is 38.1 Å². The van der Waals surface area contributed by atoms with Crippen molar-refractivity contribution in [2.24, 2.45) is 17.8 Å². The summed E-state index contributed by atoms with van der Waals surface area (Å²) in [6, 6.07) is 7.88. The first-order chi connectivity index (χ1) is 14.4. The number of para-hydroxylation sites is 1. The summed E-state index contributed by atoms with van der Waals surface area (Å²) in [7, 11) is 1.66. The van der Waals surface area contributed by atoms with Crippen LogP contribution in [0.2, 0.25) is 0 Å². The minimum Gasteiger partial charge on any atom is -0.496 e. The number of esters is 1. The van der Waals surface area contributed by atoms with Crippen LogP contribution in [0.25, 0.3) is 0 Å². The lowest BCUT2D eigenvalue weighted by Gasteiger charge is -2.35. The Morgan fingerprint density at radius 3 is 2.63 bits per heavy atom. The first-order valence-electron chi connectivity index (χ1n) is 10.9. The summed E-state index contributed by atoms with van der Waals surface area (Å²) in [6.45, 7) is 6.53. The maximum absolute atomic E-state index is 13.1. The second-order valence-corrected chi connectivity index (χ2v) is 8.95. The Labute approximate surface area is 178 Å². The molecule has 1 aromatic carbocycles. The number of dihydropyridines is 1. The summed E-state index contributed by atoms with van der Waals surface area (Å²) in [5.74, 6) is 1.86. The van der Waals surface area contributed by atoms with Gasteiger partial charge >= 0.3 is 5.97 Å². The van der Waals surface area contributed by atoms with Gasteiger partial charge in [0.05, 0.1) is 19.3 Å². The molecule has 1 aromatic rings. The minimum absolute atomic E-state index is 0.0638. The smallest absolute Gasteiger partial charge is 0.336 e. The van der Waals surface area contributed by atoms with Crippen LogP contribution in [0.3, 0.4) is 0 Å². The van der Waals surface area contributed by atoms with Gasteiger partial charge < -0.3 is 14.8 Å². The third kappa shape index (κ3) is 3.90. The van der Waals surface area contributed by atoms with Crippen LogP contribution in [0.5, 0.6) is 5.75 Å². The largest absolute Gasteiger partial charge is 0.496 e. The van der Waals surface area contributed by atoms with Crippen LogP contribution in [-0.4, -0.2) is 25.5 Å². The number of allylic oxidation sites excluding steroid dienone is 3. The Kier molecular flexibility index (Phi) is 5.72. The summed E-state index contributed by atoms with van der Waals surface area (Å²) in [5.41, 5.74) is 4.08. The number of Topliss-reactive ketones (excluding diaryl/α,β-unsaturated/α-hetero) is 1. The van der Waals surface area contributed by atoms with Crippen molar-refractivity contribution >= 4 is 11.8 Å². The molecule has 0 aromatic heterocycles. The van der Waals surface area contributed by atoms with Crippen LogP contribution >= 0.6 is 0 Å². The average molecular weight is 410 g/mol. The van der Waals surface area contributed by atoms with Gasteiger partial charge in [-0.1, -0.05) is 32.0 Å². The topological polar surface area (TPSA) is 64.6 Å². The average Bonchev–Trinajstić information content (AvgIpc) is 3.42. The quantitative estimate of drug-likeness (QED) is 0.701. The van der Waals surface area contributed by atoms with Crippen molar-refractivity contribution in [3.05, 3.63) is 52.4 Å². The van der Waals surface area contributed by atoms with E-state index in [1.54, 1.807) is 7.11 Å². The zero-order chi connectivity index (χ0) is 21.4. The number of rotatable bonds is 6. The van der Waals surface area contributed by atoms with Crippen molar-refractivity contribution in [2.45, 2.75) is 52.4 Å². The molecule has 1 saturated carbocycles. The lowest BCUT2D eigenvalue weighted by molar-refractivity contribution is -0.139. The van der Waals surface area contributed by atoms with Gasteiger partial charge in [0.2, 0.25) is 0 Å². The standard InChI is InChI=1S/C25H31NO4/c1-14-11-17(14)9-10-30-25(28)23-15(2)24-20(26-16(23)3)12-18(13-21(24)27)19-7-5-6-8-22(19)29-4/h5-8,14-15,17-18,26H,9-13H2,1-4H3/t14-,15?,17?,18?/m1/s1. The molecule has 1 heterocycles. The number of methoxy groups -OCH3 is 1. The molecule has 1 fully saturated rings. The van der Waals surface area contributed by atoms with Gasteiger partial charge in [-0.25, -0.2) is 4.79 Å². The monoisotopic (exact) mass is 409 g/mol. The number of nitrogens with one attached hydrogen (secondary N) is 1. The lowest BCUT2D eigenvalue weighted by Crippen LogP contribution is -2.36. The van der Waals surface area contributed by atoms with E-state index in [-0.39, 0.29) is 23.6 Å². The fourth-order valence-corrected chi connectivity index (χ4v) is 5.05. The van der Waals surface area contributed by atoms with Crippen molar-refractivity contribution in [1.29, 1.82) is 0 Å². The van der Waals surface area contributed by atoms with E-state index < -0.39 is 0 Å². The molecule has 30 heavy (non-hydrogen) atoms. The minimum atomic E-state index is -0.299. The van der Waals surface area contributed by atoms with E-state index in [1.165, 1.54) is 6.42 Å². The summed E-state index contributed by atoms with van der Waals surface area (Å²) in [4.78, 5) is 25.9. The van der Waals surface area contributed by atoms with Crippen molar-refractivity contribution in [3.63, 3.8) is 0 Å². The van der Waals surface area contributed by atoms with Crippen LogP contribution in [0.1, 0.15) is 57.9 Å². The van der Waals surface area contributed by atoms with E-state index >= 15 is 0 Å². The highest BCUT2D eigenvalue weighted by Crippen LogP contribution is 2.43. The first kappa shape index (κ1) is 20.7. The maximum atomic E-state index is 13.1. The fourth-order valence-electron chi connectivity index (χ4n) is 5.05. The van der Waals surface area contributed by atoms with Gasteiger partial charge in [-0.2, -0.15) is 0 Å². The predicted molar refractivity (Wildman–Crippen MR) is 115 cm³/mol. The Morgan fingerprint density at radius 2 is 1.93 bits per heavy atom. The van der Waals surface area contributed by atoms with E-state index in [0.29, 0.717) is 24.5 Å². The highest BCUT2D eigenvalue weighted by molar-refractivity contribution is 6.02. The summed E-state index contributed by atoms with van der Waals surface area (Å²) in [5, 5.41) is 3.36. The first-order valence-corrected chi connectivity index (χ1v) is 10.9. The van der Waals surface area contributed by atoms with Crippen LogP contribution in [-0.2, 0) is 14.3 Å². The van der Waals surface area contributed by atoms with E-state index in [9.17, 15) is 9.59 Å². The molecule has 4 atom stereocenters.